The summed E-state index contributed by atoms with van der Waals surface area (Å²) >= 11 is 0. The Hall–Kier alpha value is -1.39. The van der Waals surface area contributed by atoms with Crippen molar-refractivity contribution in [3.8, 4) is 0 Å². The van der Waals surface area contributed by atoms with Crippen LogP contribution in [0.1, 0.15) is 25.0 Å². The molecule has 0 heterocycles. The van der Waals surface area contributed by atoms with E-state index in [-0.39, 0.29) is 19.1 Å². The minimum Gasteiger partial charge on any atom is -0.481 e. The molecule has 18 heavy (non-hydrogen) atoms. The van der Waals surface area contributed by atoms with Crippen LogP contribution < -0.4 is 5.32 Å². The highest BCUT2D eigenvalue weighted by atomic mass is 16.4. The zero-order chi connectivity index (χ0) is 13.5. The molecule has 0 saturated carbocycles. The average molecular weight is 251 g/mol. The highest BCUT2D eigenvalue weighted by molar-refractivity contribution is 5.70. The van der Waals surface area contributed by atoms with Crippen LogP contribution in [0.3, 0.4) is 0 Å². The van der Waals surface area contributed by atoms with Crippen LogP contribution >= 0.6 is 0 Å². The van der Waals surface area contributed by atoms with E-state index in [0.717, 1.165) is 11.1 Å². The number of hydrogen-bond acceptors (Lipinski definition) is 3. The molecule has 4 heteroatoms. The maximum Gasteiger partial charge on any atom is 0.307 e. The second-order valence-electron chi connectivity index (χ2n) is 4.80. The lowest BCUT2D eigenvalue weighted by Crippen LogP contribution is -2.36. The van der Waals surface area contributed by atoms with Crippen LogP contribution in [0.25, 0.3) is 0 Å². The SMILES string of the molecule is CC(C)C(CO)NCc1ccc(CC(=O)O)cc1. The molecule has 0 spiro atoms. The maximum atomic E-state index is 10.5. The van der Waals surface area contributed by atoms with Crippen molar-refractivity contribution in [3.05, 3.63) is 35.4 Å². The van der Waals surface area contributed by atoms with Crippen molar-refractivity contribution < 1.29 is 15.0 Å². The molecule has 1 atom stereocenters. The Morgan fingerprint density at radius 1 is 1.22 bits per heavy atom. The number of rotatable bonds is 7. The summed E-state index contributed by atoms with van der Waals surface area (Å²) in [6, 6.07) is 7.58. The molecule has 0 saturated heterocycles. The predicted molar refractivity (Wildman–Crippen MR) is 70.3 cm³/mol. The number of aliphatic carboxylic acids is 1. The second kappa shape index (κ2) is 7.13. The molecule has 4 nitrogen and oxygen atoms in total. The molecule has 1 aromatic carbocycles. The van der Waals surface area contributed by atoms with E-state index >= 15 is 0 Å². The van der Waals surface area contributed by atoms with Crippen LogP contribution in [-0.2, 0) is 17.8 Å². The van der Waals surface area contributed by atoms with Crippen molar-refractivity contribution in [2.45, 2.75) is 32.9 Å². The lowest BCUT2D eigenvalue weighted by atomic mass is 10.0. The molecule has 0 aliphatic heterocycles. The van der Waals surface area contributed by atoms with Crippen LogP contribution in [0.5, 0.6) is 0 Å². The van der Waals surface area contributed by atoms with E-state index in [4.69, 9.17) is 5.11 Å². The van der Waals surface area contributed by atoms with E-state index in [1.807, 2.05) is 24.3 Å². The van der Waals surface area contributed by atoms with Gasteiger partial charge in [0.1, 0.15) is 0 Å². The van der Waals surface area contributed by atoms with Gasteiger partial charge in [-0.15, -0.1) is 0 Å². The first-order valence-corrected chi connectivity index (χ1v) is 6.16. The first-order chi connectivity index (χ1) is 8.52. The summed E-state index contributed by atoms with van der Waals surface area (Å²) in [5, 5.41) is 21.1. The Kier molecular flexibility index (Phi) is 5.82. The van der Waals surface area contributed by atoms with Gasteiger partial charge in [0.15, 0.2) is 0 Å². The fourth-order valence-electron chi connectivity index (χ4n) is 1.71. The van der Waals surface area contributed by atoms with E-state index in [9.17, 15) is 9.90 Å². The van der Waals surface area contributed by atoms with Gasteiger partial charge in [-0.2, -0.15) is 0 Å². The first kappa shape index (κ1) is 14.7. The number of benzene rings is 1. The highest BCUT2D eigenvalue weighted by Crippen LogP contribution is 2.07. The molecule has 0 amide bonds. The number of hydrogen-bond donors (Lipinski definition) is 3. The van der Waals surface area contributed by atoms with E-state index < -0.39 is 5.97 Å². The normalized spacial score (nSPS) is 12.7. The quantitative estimate of drug-likeness (QED) is 0.685. The monoisotopic (exact) mass is 251 g/mol. The van der Waals surface area contributed by atoms with Crippen LogP contribution in [0.15, 0.2) is 24.3 Å². The van der Waals surface area contributed by atoms with Gasteiger partial charge in [-0.25, -0.2) is 0 Å². The Morgan fingerprint density at radius 3 is 2.22 bits per heavy atom. The summed E-state index contributed by atoms with van der Waals surface area (Å²) in [4.78, 5) is 10.5. The van der Waals surface area contributed by atoms with Gasteiger partial charge in [0.05, 0.1) is 13.0 Å². The van der Waals surface area contributed by atoms with E-state index in [1.165, 1.54) is 0 Å². The summed E-state index contributed by atoms with van der Waals surface area (Å²) in [5.74, 6) is -0.442. The van der Waals surface area contributed by atoms with E-state index in [2.05, 4.69) is 19.2 Å². The minimum absolute atomic E-state index is 0.0545. The predicted octanol–water partition coefficient (Wildman–Crippen LogP) is 1.42. The van der Waals surface area contributed by atoms with Crippen molar-refractivity contribution in [3.63, 3.8) is 0 Å². The lowest BCUT2D eigenvalue weighted by Gasteiger charge is -2.20. The first-order valence-electron chi connectivity index (χ1n) is 6.16. The van der Waals surface area contributed by atoms with Gasteiger partial charge in [-0.05, 0) is 17.0 Å². The third kappa shape index (κ3) is 4.85. The summed E-state index contributed by atoms with van der Waals surface area (Å²) in [6.07, 6.45) is 0.0545. The smallest absolute Gasteiger partial charge is 0.307 e. The Labute approximate surface area is 108 Å². The molecule has 0 aliphatic carbocycles. The molecule has 0 bridgehead atoms. The molecule has 0 fully saturated rings. The average Bonchev–Trinajstić information content (AvgIpc) is 2.31. The molecule has 0 radical (unpaired) electrons. The third-order valence-corrected chi connectivity index (χ3v) is 2.95. The molecular weight excluding hydrogens is 230 g/mol. The Bertz CT molecular complexity index is 373. The highest BCUT2D eigenvalue weighted by Gasteiger charge is 2.10. The van der Waals surface area contributed by atoms with Crippen molar-refractivity contribution in [2.75, 3.05) is 6.61 Å². The second-order valence-corrected chi connectivity index (χ2v) is 4.80. The van der Waals surface area contributed by atoms with Gasteiger partial charge in [0.25, 0.3) is 0 Å². The largest absolute Gasteiger partial charge is 0.481 e. The summed E-state index contributed by atoms with van der Waals surface area (Å²) in [6.45, 7) is 4.92. The van der Waals surface area contributed by atoms with E-state index in [1.54, 1.807) is 0 Å². The van der Waals surface area contributed by atoms with E-state index in [0.29, 0.717) is 12.5 Å². The zero-order valence-electron chi connectivity index (χ0n) is 10.9. The van der Waals surface area contributed by atoms with Crippen LogP contribution in [0.2, 0.25) is 0 Å². The van der Waals surface area contributed by atoms with Gasteiger partial charge in [0.2, 0.25) is 0 Å². The van der Waals surface area contributed by atoms with Crippen LogP contribution in [0.4, 0.5) is 0 Å². The summed E-state index contributed by atoms with van der Waals surface area (Å²) in [7, 11) is 0. The van der Waals surface area contributed by atoms with Crippen LogP contribution in [-0.4, -0.2) is 28.8 Å². The molecule has 0 aromatic heterocycles. The maximum absolute atomic E-state index is 10.5. The Balaban J connectivity index is 2.50. The molecule has 3 N–H and O–H groups in total. The third-order valence-electron chi connectivity index (χ3n) is 2.95. The van der Waals surface area contributed by atoms with Crippen molar-refractivity contribution in [1.82, 2.24) is 5.32 Å². The molecular formula is C14H21NO3. The molecule has 1 rings (SSSR count). The number of carboxylic acids is 1. The number of carboxylic acid groups (broad SMARTS) is 1. The number of carbonyl (C=O) groups is 1. The van der Waals surface area contributed by atoms with Crippen molar-refractivity contribution >= 4 is 5.97 Å². The molecule has 1 aromatic rings. The molecule has 1 unspecified atom stereocenters. The molecule has 0 aliphatic rings. The van der Waals surface area contributed by atoms with Gasteiger partial charge < -0.3 is 15.5 Å². The van der Waals surface area contributed by atoms with Gasteiger partial charge >= 0.3 is 5.97 Å². The van der Waals surface area contributed by atoms with Gasteiger partial charge in [-0.3, -0.25) is 4.79 Å². The van der Waals surface area contributed by atoms with Crippen LogP contribution in [0, 0.1) is 5.92 Å². The fraction of sp³-hybridized carbons (Fsp3) is 0.500. The van der Waals surface area contributed by atoms with Crippen molar-refractivity contribution in [2.24, 2.45) is 5.92 Å². The lowest BCUT2D eigenvalue weighted by molar-refractivity contribution is -0.136. The summed E-state index contributed by atoms with van der Waals surface area (Å²) in [5.41, 5.74) is 1.89. The van der Waals surface area contributed by atoms with Gasteiger partial charge in [-0.1, -0.05) is 38.1 Å². The number of nitrogens with one attached hydrogen (secondary N) is 1. The minimum atomic E-state index is -0.818. The number of aliphatic hydroxyl groups is 1. The van der Waals surface area contributed by atoms with Crippen molar-refractivity contribution in [1.29, 1.82) is 0 Å². The number of aliphatic hydroxyl groups excluding tert-OH is 1. The summed E-state index contributed by atoms with van der Waals surface area (Å²) < 4.78 is 0. The standard InChI is InChI=1S/C14H21NO3/c1-10(2)13(9-16)15-8-12-5-3-11(4-6-12)7-14(17)18/h3-6,10,13,15-16H,7-9H2,1-2H3,(H,17,18). The Morgan fingerprint density at radius 2 is 1.78 bits per heavy atom. The topological polar surface area (TPSA) is 69.6 Å². The fourth-order valence-corrected chi connectivity index (χ4v) is 1.71. The molecule has 100 valence electrons. The van der Waals surface area contributed by atoms with Gasteiger partial charge in [0, 0.05) is 12.6 Å². The zero-order valence-corrected chi connectivity index (χ0v) is 10.9.